The highest BCUT2D eigenvalue weighted by molar-refractivity contribution is 7.15. The van der Waals surface area contributed by atoms with E-state index in [1.165, 1.54) is 11.3 Å². The van der Waals surface area contributed by atoms with E-state index >= 15 is 0 Å². The molecule has 0 unspecified atom stereocenters. The number of anilines is 1. The minimum atomic E-state index is -0.0647. The molecule has 1 N–H and O–H groups in total. The fourth-order valence-corrected chi connectivity index (χ4v) is 3.05. The summed E-state index contributed by atoms with van der Waals surface area (Å²) in [7, 11) is 1.99. The molecule has 0 fully saturated rings. The number of para-hydroxylation sites is 1. The lowest BCUT2D eigenvalue weighted by Gasteiger charge is -2.00. The summed E-state index contributed by atoms with van der Waals surface area (Å²) in [5.74, 6) is -0.0647. The molecule has 0 aliphatic carbocycles. The Morgan fingerprint density at radius 1 is 1.33 bits per heavy atom. The summed E-state index contributed by atoms with van der Waals surface area (Å²) >= 11 is 1.42. The average molecular weight is 300 g/mol. The molecule has 1 amide bonds. The molecular formula is C15H16N4OS. The summed E-state index contributed by atoms with van der Waals surface area (Å²) in [5, 5.41) is 13.4. The predicted molar refractivity (Wildman–Crippen MR) is 84.5 cm³/mol. The quantitative estimate of drug-likeness (QED) is 0.806. The Morgan fingerprint density at radius 2 is 2.14 bits per heavy atom. The van der Waals surface area contributed by atoms with Gasteiger partial charge in [0.05, 0.1) is 6.42 Å². The first-order valence-corrected chi connectivity index (χ1v) is 7.64. The molecule has 1 aromatic carbocycles. The number of carbonyl (C=O) groups excluding carboxylic acids is 1. The highest BCUT2D eigenvalue weighted by Crippen LogP contribution is 2.21. The van der Waals surface area contributed by atoms with Gasteiger partial charge in [-0.05, 0) is 18.1 Å². The van der Waals surface area contributed by atoms with E-state index in [9.17, 15) is 4.79 Å². The Kier molecular flexibility index (Phi) is 3.70. The van der Waals surface area contributed by atoms with Crippen molar-refractivity contribution in [2.45, 2.75) is 19.8 Å². The molecule has 2 heterocycles. The fourth-order valence-electron chi connectivity index (χ4n) is 2.35. The lowest BCUT2D eigenvalue weighted by Crippen LogP contribution is -2.14. The van der Waals surface area contributed by atoms with E-state index < -0.39 is 0 Å². The van der Waals surface area contributed by atoms with Crippen molar-refractivity contribution in [1.29, 1.82) is 0 Å². The van der Waals surface area contributed by atoms with Gasteiger partial charge >= 0.3 is 0 Å². The number of carbonyl (C=O) groups is 1. The summed E-state index contributed by atoms with van der Waals surface area (Å²) in [5.41, 5.74) is 2.15. The van der Waals surface area contributed by atoms with E-state index in [4.69, 9.17) is 0 Å². The maximum absolute atomic E-state index is 12.2. The number of nitrogens with zero attached hydrogens (tertiary/aromatic N) is 3. The van der Waals surface area contributed by atoms with Gasteiger partial charge in [0.2, 0.25) is 11.0 Å². The second-order valence-electron chi connectivity index (χ2n) is 4.86. The van der Waals surface area contributed by atoms with Gasteiger partial charge in [-0.1, -0.05) is 36.5 Å². The Bertz CT molecular complexity index is 790. The number of aryl methyl sites for hydroxylation is 2. The van der Waals surface area contributed by atoms with Crippen molar-refractivity contribution in [2.24, 2.45) is 7.05 Å². The predicted octanol–water partition coefficient (Wildman–Crippen LogP) is 2.77. The maximum atomic E-state index is 12.2. The molecule has 0 saturated heterocycles. The smallest absolute Gasteiger partial charge is 0.230 e. The van der Waals surface area contributed by atoms with Crippen molar-refractivity contribution in [1.82, 2.24) is 14.8 Å². The van der Waals surface area contributed by atoms with E-state index in [0.29, 0.717) is 11.6 Å². The third-order valence-electron chi connectivity index (χ3n) is 3.35. The average Bonchev–Trinajstić information content (AvgIpc) is 3.05. The first-order chi connectivity index (χ1) is 10.2. The van der Waals surface area contributed by atoms with E-state index in [-0.39, 0.29) is 5.91 Å². The number of hydrogen-bond donors (Lipinski definition) is 1. The number of rotatable bonds is 4. The van der Waals surface area contributed by atoms with Crippen LogP contribution in [0.15, 0.2) is 30.5 Å². The van der Waals surface area contributed by atoms with Crippen LogP contribution in [0.2, 0.25) is 0 Å². The highest BCUT2D eigenvalue weighted by Gasteiger charge is 2.12. The van der Waals surface area contributed by atoms with Crippen molar-refractivity contribution in [3.05, 3.63) is 41.0 Å². The molecule has 5 nitrogen and oxygen atoms in total. The molecule has 108 valence electrons. The molecule has 0 atom stereocenters. The van der Waals surface area contributed by atoms with Gasteiger partial charge in [0.15, 0.2) is 0 Å². The number of fused-ring (bicyclic) bond motifs is 1. The molecule has 6 heteroatoms. The van der Waals surface area contributed by atoms with Gasteiger partial charge in [-0.15, -0.1) is 10.2 Å². The van der Waals surface area contributed by atoms with Crippen molar-refractivity contribution in [3.63, 3.8) is 0 Å². The number of amides is 1. The summed E-state index contributed by atoms with van der Waals surface area (Å²) in [6, 6.07) is 8.08. The third kappa shape index (κ3) is 2.80. The van der Waals surface area contributed by atoms with Gasteiger partial charge < -0.3 is 9.88 Å². The van der Waals surface area contributed by atoms with Crippen LogP contribution < -0.4 is 5.32 Å². The molecule has 2 aromatic heterocycles. The Balaban J connectivity index is 1.77. The van der Waals surface area contributed by atoms with Crippen LogP contribution in [-0.4, -0.2) is 20.7 Å². The molecule has 3 rings (SSSR count). The van der Waals surface area contributed by atoms with Crippen LogP contribution in [0.1, 0.15) is 17.5 Å². The monoisotopic (exact) mass is 300 g/mol. The lowest BCUT2D eigenvalue weighted by atomic mass is 10.1. The second kappa shape index (κ2) is 5.65. The van der Waals surface area contributed by atoms with Gasteiger partial charge in [-0.25, -0.2) is 0 Å². The van der Waals surface area contributed by atoms with Crippen LogP contribution in [0.4, 0.5) is 5.13 Å². The Hall–Kier alpha value is -2.21. The standard InChI is InChI=1S/C15H16N4OS/c1-3-14-17-18-15(21-14)16-13(20)8-10-9-19(2)12-7-5-4-6-11(10)12/h4-7,9H,3,8H2,1-2H3,(H,16,18,20). The number of aromatic nitrogens is 3. The second-order valence-corrected chi connectivity index (χ2v) is 5.92. The maximum Gasteiger partial charge on any atom is 0.230 e. The molecule has 0 spiro atoms. The minimum Gasteiger partial charge on any atom is -0.350 e. The van der Waals surface area contributed by atoms with Crippen LogP contribution >= 0.6 is 11.3 Å². The van der Waals surface area contributed by atoms with Crippen molar-refractivity contribution in [2.75, 3.05) is 5.32 Å². The summed E-state index contributed by atoms with van der Waals surface area (Å²) < 4.78 is 2.04. The number of hydrogen-bond acceptors (Lipinski definition) is 4. The van der Waals surface area contributed by atoms with Gasteiger partial charge in [0.1, 0.15) is 5.01 Å². The molecule has 0 aliphatic heterocycles. The van der Waals surface area contributed by atoms with Crippen LogP contribution in [0.5, 0.6) is 0 Å². The molecule has 3 aromatic rings. The van der Waals surface area contributed by atoms with Crippen LogP contribution in [0, 0.1) is 0 Å². The van der Waals surface area contributed by atoms with E-state index in [1.807, 2.05) is 42.9 Å². The van der Waals surface area contributed by atoms with Crippen LogP contribution in [-0.2, 0) is 24.7 Å². The fraction of sp³-hybridized carbons (Fsp3) is 0.267. The Labute approximate surface area is 126 Å². The number of nitrogens with one attached hydrogen (secondary N) is 1. The topological polar surface area (TPSA) is 59.8 Å². The van der Waals surface area contributed by atoms with E-state index in [0.717, 1.165) is 27.9 Å². The first kappa shape index (κ1) is 13.8. The van der Waals surface area contributed by atoms with E-state index in [2.05, 4.69) is 21.6 Å². The molecule has 21 heavy (non-hydrogen) atoms. The first-order valence-electron chi connectivity index (χ1n) is 6.82. The van der Waals surface area contributed by atoms with Gasteiger partial charge in [0.25, 0.3) is 0 Å². The molecule has 0 radical (unpaired) electrons. The van der Waals surface area contributed by atoms with E-state index in [1.54, 1.807) is 0 Å². The zero-order valence-corrected chi connectivity index (χ0v) is 12.8. The molecule has 0 saturated carbocycles. The zero-order chi connectivity index (χ0) is 14.8. The molecular weight excluding hydrogens is 284 g/mol. The largest absolute Gasteiger partial charge is 0.350 e. The zero-order valence-electron chi connectivity index (χ0n) is 12.0. The van der Waals surface area contributed by atoms with Gasteiger partial charge in [0, 0.05) is 24.1 Å². The normalized spacial score (nSPS) is 11.0. The molecule has 0 aliphatic rings. The lowest BCUT2D eigenvalue weighted by molar-refractivity contribution is -0.115. The molecule has 0 bridgehead atoms. The minimum absolute atomic E-state index is 0.0647. The van der Waals surface area contributed by atoms with Crippen molar-refractivity contribution >= 4 is 33.3 Å². The van der Waals surface area contributed by atoms with Gasteiger partial charge in [-0.3, -0.25) is 4.79 Å². The summed E-state index contributed by atoms with van der Waals surface area (Å²) in [4.78, 5) is 12.2. The number of benzene rings is 1. The van der Waals surface area contributed by atoms with Crippen LogP contribution in [0.25, 0.3) is 10.9 Å². The SMILES string of the molecule is CCc1nnc(NC(=O)Cc2cn(C)c3ccccc23)s1. The van der Waals surface area contributed by atoms with Crippen LogP contribution in [0.3, 0.4) is 0 Å². The van der Waals surface area contributed by atoms with Crippen molar-refractivity contribution in [3.8, 4) is 0 Å². The highest BCUT2D eigenvalue weighted by atomic mass is 32.1. The van der Waals surface area contributed by atoms with Crippen molar-refractivity contribution < 1.29 is 4.79 Å². The van der Waals surface area contributed by atoms with Gasteiger partial charge in [-0.2, -0.15) is 0 Å². The summed E-state index contributed by atoms with van der Waals surface area (Å²) in [6.45, 7) is 2.02. The Morgan fingerprint density at radius 3 is 2.90 bits per heavy atom. The third-order valence-corrected chi connectivity index (χ3v) is 4.33. The summed E-state index contributed by atoms with van der Waals surface area (Å²) in [6.07, 6.45) is 3.17.